The molecule has 0 saturated carbocycles. The van der Waals surface area contributed by atoms with E-state index >= 15 is 0 Å². The topological polar surface area (TPSA) is 85.6 Å². The summed E-state index contributed by atoms with van der Waals surface area (Å²) in [5.41, 5.74) is 0. The Morgan fingerprint density at radius 3 is 2.59 bits per heavy atom. The Morgan fingerprint density at radius 1 is 1.35 bits per heavy atom. The molecule has 1 aliphatic rings. The van der Waals surface area contributed by atoms with Crippen molar-refractivity contribution in [3.63, 3.8) is 0 Å². The van der Waals surface area contributed by atoms with Gasteiger partial charge in [0.25, 0.3) is 0 Å². The Balaban J connectivity index is 2.66. The first-order chi connectivity index (χ1) is 8.02. The minimum Gasteiger partial charge on any atom is -0.463 e. The van der Waals surface area contributed by atoms with Crippen LogP contribution in [0.5, 0.6) is 0 Å². The summed E-state index contributed by atoms with van der Waals surface area (Å²) >= 11 is 0. The van der Waals surface area contributed by atoms with Crippen LogP contribution < -0.4 is 0 Å². The quantitative estimate of drug-likeness (QED) is 0.521. The summed E-state index contributed by atoms with van der Waals surface area (Å²) in [7, 11) is 0. The molecule has 0 aromatic carbocycles. The summed E-state index contributed by atoms with van der Waals surface area (Å²) < 4.78 is 15.1. The minimum atomic E-state index is -0.720. The maximum Gasteiger partial charge on any atom is 0.303 e. The summed E-state index contributed by atoms with van der Waals surface area (Å²) in [6.45, 7) is 2.48. The summed E-state index contributed by atoms with van der Waals surface area (Å²) in [4.78, 5) is 21.6. The van der Waals surface area contributed by atoms with Crippen molar-refractivity contribution in [3.8, 4) is 6.07 Å². The number of rotatable bonds is 3. The average molecular weight is 239 g/mol. The Morgan fingerprint density at radius 2 is 2.06 bits per heavy atom. The molecule has 0 radical (unpaired) electrons. The predicted molar refractivity (Wildman–Crippen MR) is 55.6 cm³/mol. The molecule has 92 valence electrons. The Kier molecular flexibility index (Phi) is 4.67. The number of carbonyl (C=O) groups excluding carboxylic acids is 2. The van der Waals surface area contributed by atoms with Crippen molar-refractivity contribution in [3.05, 3.63) is 12.2 Å². The van der Waals surface area contributed by atoms with Crippen LogP contribution in [0.25, 0.3) is 0 Å². The monoisotopic (exact) mass is 239 g/mol. The molecule has 0 aromatic heterocycles. The third-order valence-electron chi connectivity index (χ3n) is 2.04. The van der Waals surface area contributed by atoms with Gasteiger partial charge in [-0.2, -0.15) is 5.26 Å². The molecule has 1 aliphatic heterocycles. The molecule has 1 unspecified atom stereocenters. The fraction of sp³-hybridized carbons (Fsp3) is 0.545. The molecular formula is C11H13NO5. The van der Waals surface area contributed by atoms with Crippen molar-refractivity contribution in [1.29, 1.82) is 5.26 Å². The van der Waals surface area contributed by atoms with Gasteiger partial charge in [-0.3, -0.25) is 9.59 Å². The second-order valence-corrected chi connectivity index (χ2v) is 3.49. The van der Waals surface area contributed by atoms with Crippen molar-refractivity contribution in [2.75, 3.05) is 6.61 Å². The fourth-order valence-corrected chi connectivity index (χ4v) is 1.36. The predicted octanol–water partition coefficient (Wildman–Crippen LogP) is 0.328. The van der Waals surface area contributed by atoms with Crippen LogP contribution in [0.2, 0.25) is 0 Å². The molecule has 6 nitrogen and oxygen atoms in total. The van der Waals surface area contributed by atoms with E-state index in [4.69, 9.17) is 19.5 Å². The standard InChI is InChI=1S/C11H13NO5/c1-7(13)15-6-11-10(16-8(2)14)4-3-9(5-12)17-11/h3-4,9-11H,6H2,1-2H3/t9?,10-,11-/m1/s1. The maximum absolute atomic E-state index is 10.9. The van der Waals surface area contributed by atoms with Crippen molar-refractivity contribution in [2.45, 2.75) is 32.2 Å². The normalized spacial score (nSPS) is 27.0. The van der Waals surface area contributed by atoms with Gasteiger partial charge < -0.3 is 14.2 Å². The smallest absolute Gasteiger partial charge is 0.303 e. The molecule has 0 spiro atoms. The molecule has 0 N–H and O–H groups in total. The van der Waals surface area contributed by atoms with Gasteiger partial charge in [0.2, 0.25) is 0 Å². The number of hydrogen-bond acceptors (Lipinski definition) is 6. The Labute approximate surface area is 98.7 Å². The first-order valence-corrected chi connectivity index (χ1v) is 5.07. The molecule has 1 rings (SSSR count). The van der Waals surface area contributed by atoms with Crippen LogP contribution in [0.3, 0.4) is 0 Å². The van der Waals surface area contributed by atoms with Crippen LogP contribution in [0.15, 0.2) is 12.2 Å². The fourth-order valence-electron chi connectivity index (χ4n) is 1.36. The highest BCUT2D eigenvalue weighted by Gasteiger charge is 2.30. The highest BCUT2D eigenvalue weighted by atomic mass is 16.6. The second-order valence-electron chi connectivity index (χ2n) is 3.49. The van der Waals surface area contributed by atoms with Gasteiger partial charge >= 0.3 is 11.9 Å². The van der Waals surface area contributed by atoms with Crippen LogP contribution in [-0.4, -0.2) is 36.9 Å². The van der Waals surface area contributed by atoms with Crippen molar-refractivity contribution in [2.24, 2.45) is 0 Å². The van der Waals surface area contributed by atoms with Crippen molar-refractivity contribution >= 4 is 11.9 Å². The highest BCUT2D eigenvalue weighted by molar-refractivity contribution is 5.66. The third kappa shape index (κ3) is 4.25. The molecular weight excluding hydrogens is 226 g/mol. The van der Waals surface area contributed by atoms with Gasteiger partial charge in [0.05, 0.1) is 6.07 Å². The van der Waals surface area contributed by atoms with E-state index in [0.29, 0.717) is 0 Å². The van der Waals surface area contributed by atoms with E-state index in [9.17, 15) is 9.59 Å². The van der Waals surface area contributed by atoms with E-state index in [1.807, 2.05) is 6.07 Å². The molecule has 6 heteroatoms. The summed E-state index contributed by atoms with van der Waals surface area (Å²) in [6.07, 6.45) is 1.04. The van der Waals surface area contributed by atoms with Gasteiger partial charge in [-0.15, -0.1) is 0 Å². The van der Waals surface area contributed by atoms with Gasteiger partial charge in [-0.1, -0.05) is 0 Å². The molecule has 1 heterocycles. The first kappa shape index (κ1) is 13.2. The lowest BCUT2D eigenvalue weighted by Crippen LogP contribution is -2.41. The Bertz CT molecular complexity index is 371. The van der Waals surface area contributed by atoms with E-state index in [-0.39, 0.29) is 6.61 Å². The first-order valence-electron chi connectivity index (χ1n) is 5.07. The van der Waals surface area contributed by atoms with Crippen LogP contribution in [0.4, 0.5) is 0 Å². The largest absolute Gasteiger partial charge is 0.463 e. The lowest BCUT2D eigenvalue weighted by atomic mass is 10.1. The van der Waals surface area contributed by atoms with E-state index < -0.39 is 30.3 Å². The Hall–Kier alpha value is -1.87. The molecule has 0 bridgehead atoms. The van der Waals surface area contributed by atoms with Gasteiger partial charge in [-0.05, 0) is 12.2 Å². The summed E-state index contributed by atoms with van der Waals surface area (Å²) in [5, 5.41) is 8.71. The van der Waals surface area contributed by atoms with Crippen molar-refractivity contribution in [1.82, 2.24) is 0 Å². The van der Waals surface area contributed by atoms with Crippen LogP contribution >= 0.6 is 0 Å². The SMILES string of the molecule is CC(=O)OC[C@H]1OC(C#N)C=C[C@H]1OC(C)=O. The number of nitriles is 1. The molecule has 17 heavy (non-hydrogen) atoms. The van der Waals surface area contributed by atoms with Gasteiger partial charge in [0, 0.05) is 13.8 Å². The number of hydrogen-bond donors (Lipinski definition) is 0. The third-order valence-corrected chi connectivity index (χ3v) is 2.04. The van der Waals surface area contributed by atoms with Crippen LogP contribution in [0, 0.1) is 11.3 Å². The maximum atomic E-state index is 10.9. The number of carbonyl (C=O) groups is 2. The summed E-state index contributed by atoms with van der Waals surface area (Å²) in [6, 6.07) is 1.91. The van der Waals surface area contributed by atoms with E-state index in [1.165, 1.54) is 19.9 Å². The highest BCUT2D eigenvalue weighted by Crippen LogP contribution is 2.16. The average Bonchev–Trinajstić information content (AvgIpc) is 2.27. The second kappa shape index (κ2) is 6.01. The lowest BCUT2D eigenvalue weighted by Gasteiger charge is -2.28. The zero-order valence-corrected chi connectivity index (χ0v) is 9.58. The number of esters is 2. The molecule has 0 saturated heterocycles. The van der Waals surface area contributed by atoms with Gasteiger partial charge in [0.15, 0.2) is 6.10 Å². The zero-order chi connectivity index (χ0) is 12.8. The number of nitrogens with zero attached hydrogens (tertiary/aromatic N) is 1. The molecule has 0 fully saturated rings. The van der Waals surface area contributed by atoms with E-state index in [2.05, 4.69) is 0 Å². The molecule has 0 aliphatic carbocycles. The zero-order valence-electron chi connectivity index (χ0n) is 9.58. The molecule has 0 amide bonds. The minimum absolute atomic E-state index is 0.0597. The van der Waals surface area contributed by atoms with E-state index in [1.54, 1.807) is 6.08 Å². The number of ether oxygens (including phenoxy) is 3. The molecule has 3 atom stereocenters. The summed E-state index contributed by atoms with van der Waals surface area (Å²) in [5.74, 6) is -0.926. The molecule has 0 aromatic rings. The van der Waals surface area contributed by atoms with Crippen molar-refractivity contribution < 1.29 is 23.8 Å². The van der Waals surface area contributed by atoms with Crippen LogP contribution in [0.1, 0.15) is 13.8 Å². The van der Waals surface area contributed by atoms with Gasteiger partial charge in [0.1, 0.15) is 18.8 Å². The van der Waals surface area contributed by atoms with Crippen LogP contribution in [-0.2, 0) is 23.8 Å². The van der Waals surface area contributed by atoms with E-state index in [0.717, 1.165) is 0 Å². The van der Waals surface area contributed by atoms with Gasteiger partial charge in [-0.25, -0.2) is 0 Å². The lowest BCUT2D eigenvalue weighted by molar-refractivity contribution is -0.161.